The van der Waals surface area contributed by atoms with Crippen LogP contribution in [0.1, 0.15) is 43.0 Å². The average molecular weight is 282 g/mol. The molecule has 114 valence electrons. The Morgan fingerprint density at radius 2 is 2.05 bits per heavy atom. The van der Waals surface area contributed by atoms with Crippen LogP contribution in [0.4, 0.5) is 0 Å². The first-order valence-electron chi connectivity index (χ1n) is 7.22. The Labute approximate surface area is 120 Å². The Kier molecular flexibility index (Phi) is 7.51. The van der Waals surface area contributed by atoms with Crippen LogP contribution in [0, 0.1) is 12.8 Å². The quantitative estimate of drug-likeness (QED) is 0.551. The van der Waals surface area contributed by atoms with Crippen LogP contribution in [0.25, 0.3) is 0 Å². The van der Waals surface area contributed by atoms with E-state index in [0.29, 0.717) is 29.3 Å². The SMILES string of the molecule is CCCC(CCO)CNCc1c(CO)cnc(C)c1O. The van der Waals surface area contributed by atoms with E-state index in [4.69, 9.17) is 5.11 Å². The molecule has 0 aliphatic carbocycles. The normalized spacial score (nSPS) is 12.6. The summed E-state index contributed by atoms with van der Waals surface area (Å²) in [5, 5.41) is 31.7. The lowest BCUT2D eigenvalue weighted by molar-refractivity contribution is 0.247. The van der Waals surface area contributed by atoms with Crippen molar-refractivity contribution in [3.05, 3.63) is 23.0 Å². The number of aromatic nitrogens is 1. The van der Waals surface area contributed by atoms with Crippen molar-refractivity contribution in [3.8, 4) is 5.75 Å². The molecule has 0 bridgehead atoms. The Morgan fingerprint density at radius 1 is 1.30 bits per heavy atom. The standard InChI is InChI=1S/C15H26N2O3/c1-3-4-12(5-6-18)7-16-9-14-13(10-19)8-17-11(2)15(14)20/h8,12,16,18-20H,3-7,9-10H2,1-2H3. The van der Waals surface area contributed by atoms with Crippen LogP contribution < -0.4 is 5.32 Å². The highest BCUT2D eigenvalue weighted by atomic mass is 16.3. The Balaban J connectivity index is 2.62. The van der Waals surface area contributed by atoms with Crippen LogP contribution in [0.2, 0.25) is 0 Å². The van der Waals surface area contributed by atoms with Gasteiger partial charge in [-0.15, -0.1) is 0 Å². The van der Waals surface area contributed by atoms with Gasteiger partial charge < -0.3 is 20.6 Å². The molecular formula is C15H26N2O3. The molecule has 0 aliphatic rings. The number of nitrogens with one attached hydrogen (secondary N) is 1. The first-order valence-corrected chi connectivity index (χ1v) is 7.22. The van der Waals surface area contributed by atoms with Gasteiger partial charge >= 0.3 is 0 Å². The van der Waals surface area contributed by atoms with Gasteiger partial charge in [0.1, 0.15) is 5.75 Å². The van der Waals surface area contributed by atoms with Crippen LogP contribution in [0.15, 0.2) is 6.20 Å². The molecule has 0 aromatic carbocycles. The highest BCUT2D eigenvalue weighted by Gasteiger charge is 2.12. The largest absolute Gasteiger partial charge is 0.506 e. The molecule has 0 spiro atoms. The number of hydrogen-bond donors (Lipinski definition) is 4. The second-order valence-corrected chi connectivity index (χ2v) is 5.15. The summed E-state index contributed by atoms with van der Waals surface area (Å²) in [6.07, 6.45) is 4.55. The van der Waals surface area contributed by atoms with Crippen molar-refractivity contribution in [1.29, 1.82) is 0 Å². The van der Waals surface area contributed by atoms with Crippen LogP contribution in [0.3, 0.4) is 0 Å². The summed E-state index contributed by atoms with van der Waals surface area (Å²) in [5.74, 6) is 0.589. The topological polar surface area (TPSA) is 85.6 Å². The number of aromatic hydroxyl groups is 1. The predicted octanol–water partition coefficient (Wildman–Crippen LogP) is 1.48. The van der Waals surface area contributed by atoms with Gasteiger partial charge in [0.25, 0.3) is 0 Å². The third-order valence-electron chi connectivity index (χ3n) is 3.57. The van der Waals surface area contributed by atoms with E-state index in [-0.39, 0.29) is 19.0 Å². The van der Waals surface area contributed by atoms with Crippen LogP contribution in [-0.4, -0.2) is 33.5 Å². The van der Waals surface area contributed by atoms with Crippen molar-refractivity contribution in [2.75, 3.05) is 13.2 Å². The number of rotatable bonds is 9. The Morgan fingerprint density at radius 3 is 2.65 bits per heavy atom. The summed E-state index contributed by atoms with van der Waals surface area (Å²) < 4.78 is 0. The summed E-state index contributed by atoms with van der Waals surface area (Å²) in [4.78, 5) is 4.04. The molecule has 1 unspecified atom stereocenters. The van der Waals surface area contributed by atoms with E-state index in [9.17, 15) is 10.2 Å². The summed E-state index contributed by atoms with van der Waals surface area (Å²) in [6, 6.07) is 0. The van der Waals surface area contributed by atoms with Crippen LogP contribution >= 0.6 is 0 Å². The van der Waals surface area contributed by atoms with Crippen LogP contribution in [0.5, 0.6) is 5.75 Å². The van der Waals surface area contributed by atoms with Crippen molar-refractivity contribution in [2.24, 2.45) is 5.92 Å². The van der Waals surface area contributed by atoms with Crippen molar-refractivity contribution in [3.63, 3.8) is 0 Å². The molecule has 1 atom stereocenters. The van der Waals surface area contributed by atoms with E-state index in [1.54, 1.807) is 13.1 Å². The molecule has 1 aromatic heterocycles. The van der Waals surface area contributed by atoms with E-state index in [1.807, 2.05) is 0 Å². The van der Waals surface area contributed by atoms with Gasteiger partial charge in [0.05, 0.1) is 12.3 Å². The van der Waals surface area contributed by atoms with E-state index in [0.717, 1.165) is 25.8 Å². The lowest BCUT2D eigenvalue weighted by Gasteiger charge is -2.17. The maximum atomic E-state index is 10.0. The lowest BCUT2D eigenvalue weighted by Crippen LogP contribution is -2.24. The van der Waals surface area contributed by atoms with Gasteiger partial charge in [-0.25, -0.2) is 0 Å². The second kappa shape index (κ2) is 8.89. The van der Waals surface area contributed by atoms with Gasteiger partial charge in [0.15, 0.2) is 0 Å². The zero-order valence-corrected chi connectivity index (χ0v) is 12.4. The lowest BCUT2D eigenvalue weighted by atomic mass is 10.00. The van der Waals surface area contributed by atoms with Gasteiger partial charge in [-0.2, -0.15) is 0 Å². The summed E-state index contributed by atoms with van der Waals surface area (Å²) in [7, 11) is 0. The molecule has 0 amide bonds. The summed E-state index contributed by atoms with van der Waals surface area (Å²) in [5.41, 5.74) is 1.92. The number of aliphatic hydroxyl groups is 2. The smallest absolute Gasteiger partial charge is 0.141 e. The third kappa shape index (κ3) is 4.74. The van der Waals surface area contributed by atoms with Crippen molar-refractivity contribution in [2.45, 2.75) is 46.3 Å². The zero-order valence-electron chi connectivity index (χ0n) is 12.4. The molecule has 0 saturated carbocycles. The van der Waals surface area contributed by atoms with E-state index in [1.165, 1.54) is 0 Å². The Hall–Kier alpha value is -1.17. The molecular weight excluding hydrogens is 256 g/mol. The fourth-order valence-electron chi connectivity index (χ4n) is 2.36. The Bertz CT molecular complexity index is 404. The van der Waals surface area contributed by atoms with E-state index >= 15 is 0 Å². The molecule has 0 saturated heterocycles. The maximum Gasteiger partial charge on any atom is 0.141 e. The predicted molar refractivity (Wildman–Crippen MR) is 78.4 cm³/mol. The molecule has 1 rings (SSSR count). The third-order valence-corrected chi connectivity index (χ3v) is 3.57. The van der Waals surface area contributed by atoms with Gasteiger partial charge in [0, 0.05) is 30.5 Å². The van der Waals surface area contributed by atoms with E-state index < -0.39 is 0 Å². The number of nitrogens with zero attached hydrogens (tertiary/aromatic N) is 1. The van der Waals surface area contributed by atoms with Gasteiger partial charge in [-0.3, -0.25) is 4.98 Å². The highest BCUT2D eigenvalue weighted by molar-refractivity contribution is 5.40. The molecule has 0 aliphatic heterocycles. The molecule has 1 aromatic rings. The molecule has 20 heavy (non-hydrogen) atoms. The number of aliphatic hydroxyl groups excluding tert-OH is 2. The maximum absolute atomic E-state index is 10.0. The number of hydrogen-bond acceptors (Lipinski definition) is 5. The molecule has 5 nitrogen and oxygen atoms in total. The average Bonchev–Trinajstić information content (AvgIpc) is 2.44. The molecule has 1 heterocycles. The minimum absolute atomic E-state index is 0.132. The molecule has 0 radical (unpaired) electrons. The van der Waals surface area contributed by atoms with Crippen molar-refractivity contribution in [1.82, 2.24) is 10.3 Å². The van der Waals surface area contributed by atoms with Crippen LogP contribution in [-0.2, 0) is 13.2 Å². The molecule has 0 fully saturated rings. The highest BCUT2D eigenvalue weighted by Crippen LogP contribution is 2.23. The monoisotopic (exact) mass is 282 g/mol. The van der Waals surface area contributed by atoms with E-state index in [2.05, 4.69) is 17.2 Å². The summed E-state index contributed by atoms with van der Waals surface area (Å²) in [6.45, 7) is 5.23. The van der Waals surface area contributed by atoms with Gasteiger partial charge in [-0.1, -0.05) is 13.3 Å². The first kappa shape index (κ1) is 16.9. The second-order valence-electron chi connectivity index (χ2n) is 5.15. The minimum Gasteiger partial charge on any atom is -0.506 e. The molecule has 4 N–H and O–H groups in total. The van der Waals surface area contributed by atoms with Gasteiger partial charge in [-0.05, 0) is 32.2 Å². The fourth-order valence-corrected chi connectivity index (χ4v) is 2.36. The fraction of sp³-hybridized carbons (Fsp3) is 0.667. The minimum atomic E-state index is -0.132. The van der Waals surface area contributed by atoms with Crippen molar-refractivity contribution < 1.29 is 15.3 Å². The first-order chi connectivity index (χ1) is 9.63. The number of pyridine rings is 1. The van der Waals surface area contributed by atoms with Crippen molar-refractivity contribution >= 4 is 0 Å². The summed E-state index contributed by atoms with van der Waals surface area (Å²) >= 11 is 0. The zero-order chi connectivity index (χ0) is 15.0. The number of aryl methyl sites for hydroxylation is 1. The molecule has 5 heteroatoms. The van der Waals surface area contributed by atoms with Gasteiger partial charge in [0.2, 0.25) is 0 Å².